The molecule has 0 spiro atoms. The number of hydrogen-bond acceptors (Lipinski definition) is 2. The molecule has 16 heavy (non-hydrogen) atoms. The fourth-order valence-corrected chi connectivity index (χ4v) is 1.46. The number of nitrogen functional groups attached to an aromatic ring is 1. The molecule has 1 aliphatic rings. The van der Waals surface area contributed by atoms with Crippen molar-refractivity contribution < 1.29 is 13.2 Å². The third-order valence-corrected chi connectivity index (χ3v) is 2.47. The van der Waals surface area contributed by atoms with Crippen molar-refractivity contribution in [2.24, 2.45) is 11.7 Å². The number of hydrogen-bond donors (Lipinski definition) is 2. The molecule has 88 valence electrons. The number of nitrogens with one attached hydrogen (secondary N) is 1. The van der Waals surface area contributed by atoms with E-state index in [4.69, 9.17) is 11.1 Å². The van der Waals surface area contributed by atoms with E-state index in [0.29, 0.717) is 12.5 Å². The van der Waals surface area contributed by atoms with Crippen LogP contribution < -0.4 is 5.73 Å². The smallest absolute Gasteiger partial charge is 0.382 e. The van der Waals surface area contributed by atoms with Gasteiger partial charge in [0.1, 0.15) is 11.5 Å². The van der Waals surface area contributed by atoms with E-state index >= 15 is 0 Å². The molecule has 1 aliphatic carbocycles. The van der Waals surface area contributed by atoms with E-state index < -0.39 is 11.9 Å². The minimum absolute atomic E-state index is 0.0409. The molecule has 0 unspecified atom stereocenters. The molecule has 0 bridgehead atoms. The number of aromatic nitrogens is 2. The maximum Gasteiger partial charge on any atom is 0.435 e. The van der Waals surface area contributed by atoms with Crippen LogP contribution in [-0.2, 0) is 12.7 Å². The molecule has 0 saturated heterocycles. The highest BCUT2D eigenvalue weighted by atomic mass is 19.4. The first kappa shape index (κ1) is 11.0. The lowest BCUT2D eigenvalue weighted by atomic mass is 10.3. The molecule has 2 rings (SSSR count). The van der Waals surface area contributed by atoms with Crippen LogP contribution in [0.2, 0.25) is 0 Å². The van der Waals surface area contributed by atoms with Gasteiger partial charge in [-0.3, -0.25) is 10.1 Å². The summed E-state index contributed by atoms with van der Waals surface area (Å²) in [5.41, 5.74) is 4.28. The molecule has 1 aromatic rings. The maximum atomic E-state index is 12.4. The van der Waals surface area contributed by atoms with Crippen molar-refractivity contribution in [3.63, 3.8) is 0 Å². The van der Waals surface area contributed by atoms with Gasteiger partial charge in [-0.2, -0.15) is 18.3 Å². The van der Waals surface area contributed by atoms with Crippen LogP contribution in [0, 0.1) is 11.3 Å². The number of nitrogens with two attached hydrogens (primary N) is 1. The Morgan fingerprint density at radius 3 is 2.62 bits per heavy atom. The second kappa shape index (κ2) is 3.50. The van der Waals surface area contributed by atoms with E-state index in [-0.39, 0.29) is 11.5 Å². The number of nitrogens with zero attached hydrogens (tertiary/aromatic N) is 2. The molecule has 0 atom stereocenters. The fraction of sp³-hybridized carbons (Fsp3) is 0.556. The summed E-state index contributed by atoms with van der Waals surface area (Å²) in [5.74, 6) is -0.0114. The Labute approximate surface area is 89.7 Å². The van der Waals surface area contributed by atoms with Crippen LogP contribution in [-0.4, -0.2) is 15.6 Å². The van der Waals surface area contributed by atoms with E-state index in [9.17, 15) is 13.2 Å². The lowest BCUT2D eigenvalue weighted by molar-refractivity contribution is -0.141. The average molecular weight is 232 g/mol. The van der Waals surface area contributed by atoms with Crippen molar-refractivity contribution in [2.45, 2.75) is 25.6 Å². The van der Waals surface area contributed by atoms with Crippen LogP contribution in [0.3, 0.4) is 0 Å². The number of amidine groups is 1. The summed E-state index contributed by atoms with van der Waals surface area (Å²) in [4.78, 5) is 0. The van der Waals surface area contributed by atoms with E-state index in [1.165, 1.54) is 4.68 Å². The summed E-state index contributed by atoms with van der Waals surface area (Å²) >= 11 is 0. The van der Waals surface area contributed by atoms with Crippen LogP contribution in [0.5, 0.6) is 0 Å². The lowest BCUT2D eigenvalue weighted by Crippen LogP contribution is -2.18. The van der Waals surface area contributed by atoms with E-state index in [1.54, 1.807) is 0 Å². The molecule has 0 aliphatic heterocycles. The zero-order valence-electron chi connectivity index (χ0n) is 8.38. The molecule has 1 saturated carbocycles. The summed E-state index contributed by atoms with van der Waals surface area (Å²) in [7, 11) is 0. The molecule has 3 N–H and O–H groups in total. The van der Waals surface area contributed by atoms with Gasteiger partial charge < -0.3 is 5.73 Å². The Bertz CT molecular complexity index is 417. The third-order valence-electron chi connectivity index (χ3n) is 2.47. The van der Waals surface area contributed by atoms with Gasteiger partial charge in [0.25, 0.3) is 0 Å². The summed E-state index contributed by atoms with van der Waals surface area (Å²) in [5, 5.41) is 10.7. The largest absolute Gasteiger partial charge is 0.435 e. The van der Waals surface area contributed by atoms with E-state index in [1.807, 2.05) is 0 Å². The van der Waals surface area contributed by atoms with Crippen LogP contribution >= 0.6 is 0 Å². The quantitative estimate of drug-likeness (QED) is 0.614. The Hall–Kier alpha value is -1.53. The summed E-state index contributed by atoms with van der Waals surface area (Å²) < 4.78 is 38.4. The monoisotopic (exact) mass is 232 g/mol. The average Bonchev–Trinajstić information content (AvgIpc) is 2.80. The molecule has 4 nitrogen and oxygen atoms in total. The first-order valence-corrected chi connectivity index (χ1v) is 4.87. The molecule has 1 aromatic heterocycles. The molecular weight excluding hydrogens is 221 g/mol. The first-order chi connectivity index (χ1) is 7.38. The summed E-state index contributed by atoms with van der Waals surface area (Å²) in [6, 6.07) is 0.824. The predicted octanol–water partition coefficient (Wildman–Crippen LogP) is 1.60. The molecule has 7 heteroatoms. The van der Waals surface area contributed by atoms with Crippen molar-refractivity contribution in [2.75, 3.05) is 0 Å². The van der Waals surface area contributed by atoms with Crippen molar-refractivity contribution >= 4 is 5.84 Å². The van der Waals surface area contributed by atoms with E-state index in [0.717, 1.165) is 18.9 Å². The minimum Gasteiger partial charge on any atom is -0.382 e. The molecule has 0 radical (unpaired) electrons. The van der Waals surface area contributed by atoms with Crippen LogP contribution in [0.25, 0.3) is 0 Å². The topological polar surface area (TPSA) is 67.7 Å². The highest BCUT2D eigenvalue weighted by Gasteiger charge is 2.36. The number of rotatable bonds is 3. The molecule has 0 aromatic carbocycles. The normalized spacial score (nSPS) is 16.4. The SMILES string of the molecule is N=C(N)c1cc(C(F)(F)F)nn1CC1CC1. The zero-order valence-corrected chi connectivity index (χ0v) is 8.38. The maximum absolute atomic E-state index is 12.4. The Morgan fingerprint density at radius 2 is 2.19 bits per heavy atom. The van der Waals surface area contributed by atoms with Crippen molar-refractivity contribution in [1.82, 2.24) is 9.78 Å². The Morgan fingerprint density at radius 1 is 1.56 bits per heavy atom. The Kier molecular flexibility index (Phi) is 2.40. The van der Waals surface area contributed by atoms with Crippen molar-refractivity contribution in [1.29, 1.82) is 5.41 Å². The van der Waals surface area contributed by atoms with Gasteiger partial charge in [-0.05, 0) is 24.8 Å². The predicted molar refractivity (Wildman–Crippen MR) is 51.0 cm³/mol. The second-order valence-electron chi connectivity index (χ2n) is 3.95. The van der Waals surface area contributed by atoms with Gasteiger partial charge in [0.05, 0.1) is 0 Å². The molecular formula is C9H11F3N4. The van der Waals surface area contributed by atoms with Gasteiger partial charge >= 0.3 is 6.18 Å². The Balaban J connectivity index is 2.32. The van der Waals surface area contributed by atoms with Crippen molar-refractivity contribution in [3.05, 3.63) is 17.5 Å². The second-order valence-corrected chi connectivity index (χ2v) is 3.95. The van der Waals surface area contributed by atoms with Crippen LogP contribution in [0.4, 0.5) is 13.2 Å². The van der Waals surface area contributed by atoms with Crippen LogP contribution in [0.15, 0.2) is 6.07 Å². The lowest BCUT2D eigenvalue weighted by Gasteiger charge is -2.04. The standard InChI is InChI=1S/C9H11F3N4/c10-9(11,12)7-3-6(8(13)14)16(15-7)4-5-1-2-5/h3,5H,1-2,4H2,(H3,13,14). The highest BCUT2D eigenvalue weighted by Crippen LogP contribution is 2.33. The minimum atomic E-state index is -4.49. The molecule has 1 fully saturated rings. The van der Waals surface area contributed by atoms with Gasteiger partial charge in [-0.1, -0.05) is 0 Å². The highest BCUT2D eigenvalue weighted by molar-refractivity contribution is 5.93. The number of alkyl halides is 3. The van der Waals surface area contributed by atoms with Gasteiger partial charge in [-0.15, -0.1) is 0 Å². The van der Waals surface area contributed by atoms with Gasteiger partial charge in [-0.25, -0.2) is 0 Å². The third kappa shape index (κ3) is 2.17. The molecule has 1 heterocycles. The van der Waals surface area contributed by atoms with Crippen molar-refractivity contribution in [3.8, 4) is 0 Å². The number of halogens is 3. The summed E-state index contributed by atoms with van der Waals surface area (Å²) in [6.45, 7) is 0.408. The first-order valence-electron chi connectivity index (χ1n) is 4.87. The van der Waals surface area contributed by atoms with Gasteiger partial charge in [0, 0.05) is 6.54 Å². The fourth-order valence-electron chi connectivity index (χ4n) is 1.46. The van der Waals surface area contributed by atoms with Gasteiger partial charge in [0.15, 0.2) is 5.69 Å². The molecule has 0 amide bonds. The zero-order chi connectivity index (χ0) is 11.9. The van der Waals surface area contributed by atoms with Crippen LogP contribution in [0.1, 0.15) is 24.2 Å². The van der Waals surface area contributed by atoms with Gasteiger partial charge in [0.2, 0.25) is 0 Å². The van der Waals surface area contributed by atoms with E-state index in [2.05, 4.69) is 5.10 Å². The summed E-state index contributed by atoms with van der Waals surface area (Å²) in [6.07, 6.45) is -2.49.